The Kier molecular flexibility index (Phi) is 4.65. The van der Waals surface area contributed by atoms with Crippen LogP contribution in [0.4, 0.5) is 0 Å². The van der Waals surface area contributed by atoms with Gasteiger partial charge in [-0.3, -0.25) is 0 Å². The molecule has 6 heteroatoms. The maximum atomic E-state index is 6.42. The van der Waals surface area contributed by atoms with Gasteiger partial charge >= 0.3 is 14.2 Å². The summed E-state index contributed by atoms with van der Waals surface area (Å²) in [4.78, 5) is 0. The molecule has 2 heterocycles. The van der Waals surface area contributed by atoms with Gasteiger partial charge in [0, 0.05) is 0 Å². The van der Waals surface area contributed by atoms with Crippen LogP contribution in [-0.4, -0.2) is 36.6 Å². The minimum Gasteiger partial charge on any atom is -0.399 e. The van der Waals surface area contributed by atoms with Gasteiger partial charge in [0.15, 0.2) is 0 Å². The SMILES string of the molecule is CC1(C)OB(c2cc3ccc4cc5cc(B6OC(C)(C)C(C)(C)O6)cc6ccc7cc(c2)c3c4c7c65)OC1(C)C. The first-order chi connectivity index (χ1) is 18.7. The van der Waals surface area contributed by atoms with Gasteiger partial charge in [-0.25, -0.2) is 0 Å². The molecular weight excluding hydrogens is 494 g/mol. The molecule has 6 aromatic rings. The topological polar surface area (TPSA) is 36.9 Å². The summed E-state index contributed by atoms with van der Waals surface area (Å²) in [5, 5.41) is 12.6. The monoisotopic (exact) mass is 528 g/mol. The molecule has 2 aliphatic heterocycles. The second-order valence-electron chi connectivity index (χ2n) is 13.9. The van der Waals surface area contributed by atoms with E-state index in [-0.39, 0.29) is 36.6 Å². The summed E-state index contributed by atoms with van der Waals surface area (Å²) < 4.78 is 25.7. The summed E-state index contributed by atoms with van der Waals surface area (Å²) in [6, 6.07) is 22.7. The predicted molar refractivity (Wildman–Crippen MR) is 168 cm³/mol. The lowest BCUT2D eigenvalue weighted by molar-refractivity contribution is 0.00578. The highest BCUT2D eigenvalue weighted by molar-refractivity contribution is 6.63. The maximum absolute atomic E-state index is 6.42. The molecule has 8 rings (SSSR count). The van der Waals surface area contributed by atoms with Crippen LogP contribution in [0.15, 0.2) is 60.7 Å². The first-order valence-electron chi connectivity index (χ1n) is 14.4. The first-order valence-corrected chi connectivity index (χ1v) is 14.4. The van der Waals surface area contributed by atoms with Gasteiger partial charge in [-0.15, -0.1) is 0 Å². The Bertz CT molecular complexity index is 1810. The lowest BCUT2D eigenvalue weighted by Gasteiger charge is -2.32. The summed E-state index contributed by atoms with van der Waals surface area (Å²) in [5.74, 6) is 0. The molecule has 4 nitrogen and oxygen atoms in total. The Balaban J connectivity index is 1.34. The average molecular weight is 528 g/mol. The largest absolute Gasteiger partial charge is 0.494 e. The molecule has 0 spiro atoms. The maximum Gasteiger partial charge on any atom is 0.494 e. The van der Waals surface area contributed by atoms with Crippen molar-refractivity contribution in [2.45, 2.75) is 77.8 Å². The van der Waals surface area contributed by atoms with Crippen LogP contribution in [0.5, 0.6) is 0 Å². The summed E-state index contributed by atoms with van der Waals surface area (Å²) in [5.41, 5.74) is 0.625. The van der Waals surface area contributed by atoms with Crippen LogP contribution in [-0.2, 0) is 18.6 Å². The molecule has 0 atom stereocenters. The Morgan fingerprint density at radius 3 is 0.975 bits per heavy atom. The predicted octanol–water partition coefficient (Wildman–Crippen LogP) is 6.93. The summed E-state index contributed by atoms with van der Waals surface area (Å²) in [7, 11) is -0.778. The molecule has 0 aliphatic carbocycles. The highest BCUT2D eigenvalue weighted by Gasteiger charge is 2.52. The van der Waals surface area contributed by atoms with Crippen LogP contribution in [0, 0.1) is 0 Å². The van der Waals surface area contributed by atoms with Crippen LogP contribution < -0.4 is 10.9 Å². The van der Waals surface area contributed by atoms with E-state index in [1.165, 1.54) is 53.9 Å². The Morgan fingerprint density at radius 2 is 0.650 bits per heavy atom. The second kappa shape index (κ2) is 7.49. The Hall–Kier alpha value is -2.89. The van der Waals surface area contributed by atoms with E-state index >= 15 is 0 Å². The van der Waals surface area contributed by atoms with Crippen LogP contribution in [0.1, 0.15) is 55.4 Å². The van der Waals surface area contributed by atoms with Gasteiger partial charge in [-0.05, 0) is 132 Å². The first kappa shape index (κ1) is 24.9. The van der Waals surface area contributed by atoms with Crippen LogP contribution in [0.25, 0.3) is 53.9 Å². The van der Waals surface area contributed by atoms with E-state index < -0.39 is 0 Å². The lowest BCUT2D eigenvalue weighted by atomic mass is 9.75. The van der Waals surface area contributed by atoms with Gasteiger partial charge in [-0.2, -0.15) is 0 Å². The molecule has 40 heavy (non-hydrogen) atoms. The number of hydrogen-bond donors (Lipinski definition) is 0. The van der Waals surface area contributed by atoms with Crippen molar-refractivity contribution in [3.05, 3.63) is 60.7 Å². The third-order valence-corrected chi connectivity index (χ3v) is 10.3. The normalized spacial score (nSPS) is 21.8. The minimum absolute atomic E-state index is 0.376. The van der Waals surface area contributed by atoms with Crippen LogP contribution in [0.2, 0.25) is 0 Å². The minimum atomic E-state index is -0.389. The van der Waals surface area contributed by atoms with Gasteiger partial charge in [0.1, 0.15) is 0 Å². The lowest BCUT2D eigenvalue weighted by Crippen LogP contribution is -2.41. The van der Waals surface area contributed by atoms with Crippen LogP contribution in [0.3, 0.4) is 0 Å². The highest BCUT2D eigenvalue weighted by Crippen LogP contribution is 2.44. The highest BCUT2D eigenvalue weighted by atomic mass is 16.7. The molecule has 0 radical (unpaired) electrons. The van der Waals surface area contributed by atoms with Gasteiger partial charge in [-0.1, -0.05) is 48.5 Å². The van der Waals surface area contributed by atoms with Gasteiger partial charge in [0.25, 0.3) is 0 Å². The standard InChI is InChI=1S/C34H34B2O4/c1-31(2)32(3,4)38-35(37-31)25-15-21-11-9-20-14-24-18-26(36-39-33(5,6)34(7,8)40-36)16-22-12-10-19-13-23(17-25)27(21)29(20)30(19)28(22)24/h9-18H,1-8H3. The van der Waals surface area contributed by atoms with E-state index in [0.29, 0.717) is 0 Å². The molecule has 0 unspecified atom stereocenters. The zero-order valence-corrected chi connectivity index (χ0v) is 24.6. The van der Waals surface area contributed by atoms with E-state index in [2.05, 4.69) is 116 Å². The van der Waals surface area contributed by atoms with Crippen molar-refractivity contribution in [3.8, 4) is 0 Å². The molecule has 2 aliphatic rings. The summed E-state index contributed by atoms with van der Waals surface area (Å²) in [6.45, 7) is 16.8. The molecule has 0 amide bonds. The molecule has 0 aromatic heterocycles. The van der Waals surface area contributed by atoms with E-state index in [4.69, 9.17) is 18.6 Å². The molecule has 2 fully saturated rings. The third-order valence-electron chi connectivity index (χ3n) is 10.3. The van der Waals surface area contributed by atoms with Crippen molar-refractivity contribution in [1.29, 1.82) is 0 Å². The van der Waals surface area contributed by atoms with E-state index in [1.54, 1.807) is 0 Å². The van der Waals surface area contributed by atoms with E-state index in [1.807, 2.05) is 0 Å². The van der Waals surface area contributed by atoms with Gasteiger partial charge in [0.2, 0.25) is 0 Å². The zero-order chi connectivity index (χ0) is 28.0. The van der Waals surface area contributed by atoms with Crippen molar-refractivity contribution < 1.29 is 18.6 Å². The molecule has 200 valence electrons. The number of hydrogen-bond acceptors (Lipinski definition) is 4. The fraction of sp³-hybridized carbons (Fsp3) is 0.353. The van der Waals surface area contributed by atoms with Crippen molar-refractivity contribution in [2.24, 2.45) is 0 Å². The fourth-order valence-corrected chi connectivity index (χ4v) is 6.65. The fourth-order valence-electron chi connectivity index (χ4n) is 6.65. The Labute approximate surface area is 235 Å². The molecule has 2 saturated heterocycles. The zero-order valence-electron chi connectivity index (χ0n) is 24.6. The van der Waals surface area contributed by atoms with Crippen molar-refractivity contribution in [1.82, 2.24) is 0 Å². The van der Waals surface area contributed by atoms with E-state index in [9.17, 15) is 0 Å². The smallest absolute Gasteiger partial charge is 0.399 e. The van der Waals surface area contributed by atoms with Crippen molar-refractivity contribution in [2.75, 3.05) is 0 Å². The van der Waals surface area contributed by atoms with Crippen LogP contribution >= 0.6 is 0 Å². The Morgan fingerprint density at radius 1 is 0.375 bits per heavy atom. The number of benzene rings is 6. The molecular formula is C34H34B2O4. The average Bonchev–Trinajstić information content (AvgIpc) is 3.24. The van der Waals surface area contributed by atoms with Crippen molar-refractivity contribution in [3.63, 3.8) is 0 Å². The quantitative estimate of drug-likeness (QED) is 0.139. The molecule has 0 bridgehead atoms. The molecule has 0 saturated carbocycles. The van der Waals surface area contributed by atoms with Gasteiger partial charge < -0.3 is 18.6 Å². The second-order valence-corrected chi connectivity index (χ2v) is 13.9. The third kappa shape index (κ3) is 3.19. The van der Waals surface area contributed by atoms with E-state index in [0.717, 1.165) is 10.9 Å². The number of rotatable bonds is 2. The van der Waals surface area contributed by atoms with Gasteiger partial charge in [0.05, 0.1) is 22.4 Å². The molecule has 0 N–H and O–H groups in total. The van der Waals surface area contributed by atoms with Crippen molar-refractivity contribution >= 4 is 79.0 Å². The summed E-state index contributed by atoms with van der Waals surface area (Å²) in [6.07, 6.45) is 0. The summed E-state index contributed by atoms with van der Waals surface area (Å²) >= 11 is 0. The molecule has 6 aromatic carbocycles.